The van der Waals surface area contributed by atoms with Gasteiger partial charge in [0.25, 0.3) is 5.69 Å². The first-order valence-electron chi connectivity index (χ1n) is 8.28. The molecule has 0 amide bonds. The van der Waals surface area contributed by atoms with Crippen LogP contribution in [0.5, 0.6) is 0 Å². The van der Waals surface area contributed by atoms with Gasteiger partial charge in [-0.3, -0.25) is 15.0 Å². The second kappa shape index (κ2) is 8.94. The van der Waals surface area contributed by atoms with Crippen molar-refractivity contribution in [2.45, 2.75) is 39.5 Å². The predicted octanol–water partition coefficient (Wildman–Crippen LogP) is 4.38. The van der Waals surface area contributed by atoms with Crippen LogP contribution >= 0.6 is 11.6 Å². The minimum atomic E-state index is -0.458. The Morgan fingerprint density at radius 1 is 1.12 bits per heavy atom. The summed E-state index contributed by atoms with van der Waals surface area (Å²) in [5, 5.41) is 14.4. The van der Waals surface area contributed by atoms with Crippen molar-refractivity contribution in [3.8, 4) is 0 Å². The summed E-state index contributed by atoms with van der Waals surface area (Å²) in [6.45, 7) is 6.52. The van der Waals surface area contributed by atoms with Crippen LogP contribution in [-0.2, 0) is 19.6 Å². The highest BCUT2D eigenvalue weighted by atomic mass is 35.5. The van der Waals surface area contributed by atoms with Crippen LogP contribution in [0.2, 0.25) is 5.02 Å². The number of nitro benzene ring substituents is 1. The average Bonchev–Trinajstić information content (AvgIpc) is 2.56. The lowest BCUT2D eigenvalue weighted by Gasteiger charge is -2.21. The lowest BCUT2D eigenvalue weighted by Crippen LogP contribution is -2.25. The molecule has 0 fully saturated rings. The fourth-order valence-corrected chi connectivity index (χ4v) is 2.65. The molecule has 0 heterocycles. The van der Waals surface area contributed by atoms with Gasteiger partial charge in [-0.05, 0) is 43.7 Å². The third kappa shape index (κ3) is 5.81. The van der Waals surface area contributed by atoms with Crippen LogP contribution in [0.15, 0.2) is 42.5 Å². The Morgan fingerprint density at radius 2 is 1.76 bits per heavy atom. The van der Waals surface area contributed by atoms with E-state index in [1.165, 1.54) is 17.2 Å². The normalized spacial score (nSPS) is 11.3. The predicted molar refractivity (Wildman–Crippen MR) is 102 cm³/mol. The largest absolute Gasteiger partial charge is 0.309 e. The highest BCUT2D eigenvalue weighted by Crippen LogP contribution is 2.25. The van der Waals surface area contributed by atoms with Crippen molar-refractivity contribution < 1.29 is 4.92 Å². The molecular formula is C19H24ClN3O2. The van der Waals surface area contributed by atoms with E-state index in [0.717, 1.165) is 12.1 Å². The molecule has 0 saturated heterocycles. The summed E-state index contributed by atoms with van der Waals surface area (Å²) in [5.74, 6) is 0. The molecule has 0 spiro atoms. The van der Waals surface area contributed by atoms with Gasteiger partial charge in [0.15, 0.2) is 0 Å². The summed E-state index contributed by atoms with van der Waals surface area (Å²) in [6, 6.07) is 13.9. The molecule has 0 radical (unpaired) electrons. The summed E-state index contributed by atoms with van der Waals surface area (Å²) in [5.41, 5.74) is 3.25. The molecule has 134 valence electrons. The Kier molecular flexibility index (Phi) is 6.93. The molecule has 2 aromatic carbocycles. The minimum absolute atomic E-state index is 0.0558. The number of nitrogens with zero attached hydrogens (tertiary/aromatic N) is 2. The summed E-state index contributed by atoms with van der Waals surface area (Å²) in [4.78, 5) is 12.8. The average molecular weight is 362 g/mol. The van der Waals surface area contributed by atoms with Crippen LogP contribution in [0.25, 0.3) is 0 Å². The molecule has 0 bridgehead atoms. The number of nitrogens with one attached hydrogen (secondary N) is 1. The molecule has 1 N–H and O–H groups in total. The van der Waals surface area contributed by atoms with Crippen molar-refractivity contribution in [2.75, 3.05) is 7.05 Å². The van der Waals surface area contributed by atoms with E-state index in [1.807, 2.05) is 0 Å². The lowest BCUT2D eigenvalue weighted by molar-refractivity contribution is -0.384. The zero-order valence-electron chi connectivity index (χ0n) is 14.8. The van der Waals surface area contributed by atoms with Gasteiger partial charge in [-0.2, -0.15) is 0 Å². The Labute approximate surface area is 153 Å². The van der Waals surface area contributed by atoms with Gasteiger partial charge in [0.2, 0.25) is 0 Å². The Balaban J connectivity index is 1.94. The first kappa shape index (κ1) is 19.4. The molecule has 2 rings (SSSR count). The number of halogens is 1. The van der Waals surface area contributed by atoms with Crippen molar-refractivity contribution in [3.05, 3.63) is 74.3 Å². The molecule has 0 unspecified atom stereocenters. The lowest BCUT2D eigenvalue weighted by atomic mass is 10.1. The van der Waals surface area contributed by atoms with Crippen LogP contribution in [0.1, 0.15) is 30.5 Å². The molecule has 0 aliphatic rings. The third-order valence-electron chi connectivity index (χ3n) is 4.17. The molecule has 25 heavy (non-hydrogen) atoms. The van der Waals surface area contributed by atoms with Crippen molar-refractivity contribution in [3.63, 3.8) is 0 Å². The second-order valence-electron chi connectivity index (χ2n) is 6.48. The van der Waals surface area contributed by atoms with E-state index in [-0.39, 0.29) is 10.7 Å². The Hall–Kier alpha value is -1.95. The molecule has 0 aromatic heterocycles. The van der Waals surface area contributed by atoms with Gasteiger partial charge in [-0.15, -0.1) is 0 Å². The van der Waals surface area contributed by atoms with Gasteiger partial charge < -0.3 is 5.32 Å². The van der Waals surface area contributed by atoms with Gasteiger partial charge >= 0.3 is 0 Å². The monoisotopic (exact) mass is 361 g/mol. The Bertz CT molecular complexity index is 734. The van der Waals surface area contributed by atoms with Crippen LogP contribution in [0.4, 0.5) is 5.69 Å². The second-order valence-corrected chi connectivity index (χ2v) is 6.88. The summed E-state index contributed by atoms with van der Waals surface area (Å²) >= 11 is 5.84. The fourth-order valence-electron chi connectivity index (χ4n) is 2.47. The Morgan fingerprint density at radius 3 is 2.40 bits per heavy atom. The summed E-state index contributed by atoms with van der Waals surface area (Å²) < 4.78 is 0. The standard InChI is InChI=1S/C19H24ClN3O2/c1-14(2)22(3)13-17-6-4-5-15(9-17)11-21-12-16-7-8-18(20)19(10-16)23(24)25/h4-10,14,21H,11-13H2,1-3H3. The summed E-state index contributed by atoms with van der Waals surface area (Å²) in [6.07, 6.45) is 0. The molecule has 0 aliphatic heterocycles. The van der Waals surface area contributed by atoms with Gasteiger partial charge in [0, 0.05) is 31.7 Å². The molecule has 5 nitrogen and oxygen atoms in total. The maximum atomic E-state index is 10.9. The smallest absolute Gasteiger partial charge is 0.288 e. The van der Waals surface area contributed by atoms with Crippen LogP contribution in [0, 0.1) is 10.1 Å². The van der Waals surface area contributed by atoms with Crippen molar-refractivity contribution in [1.82, 2.24) is 10.2 Å². The zero-order chi connectivity index (χ0) is 18.4. The number of benzene rings is 2. The number of nitro groups is 1. The molecular weight excluding hydrogens is 338 g/mol. The third-order valence-corrected chi connectivity index (χ3v) is 4.49. The number of rotatable bonds is 8. The van der Waals surface area contributed by atoms with Crippen LogP contribution in [0.3, 0.4) is 0 Å². The van der Waals surface area contributed by atoms with Crippen molar-refractivity contribution in [1.29, 1.82) is 0 Å². The van der Waals surface area contributed by atoms with E-state index in [4.69, 9.17) is 11.6 Å². The van der Waals surface area contributed by atoms with Gasteiger partial charge in [0.05, 0.1) is 4.92 Å². The first-order valence-corrected chi connectivity index (χ1v) is 8.66. The topological polar surface area (TPSA) is 58.4 Å². The summed E-state index contributed by atoms with van der Waals surface area (Å²) in [7, 11) is 2.11. The van der Waals surface area contributed by atoms with E-state index in [1.54, 1.807) is 12.1 Å². The minimum Gasteiger partial charge on any atom is -0.309 e. The highest BCUT2D eigenvalue weighted by molar-refractivity contribution is 6.32. The van der Waals surface area contributed by atoms with Gasteiger partial charge in [-0.25, -0.2) is 0 Å². The molecule has 0 atom stereocenters. The molecule has 6 heteroatoms. The zero-order valence-corrected chi connectivity index (χ0v) is 15.6. The van der Waals surface area contributed by atoms with Crippen molar-refractivity contribution in [2.24, 2.45) is 0 Å². The maximum absolute atomic E-state index is 10.9. The van der Waals surface area contributed by atoms with E-state index in [0.29, 0.717) is 19.1 Å². The number of hydrogen-bond donors (Lipinski definition) is 1. The highest BCUT2D eigenvalue weighted by Gasteiger charge is 2.12. The van der Waals surface area contributed by atoms with E-state index in [2.05, 4.69) is 55.4 Å². The molecule has 0 aliphatic carbocycles. The van der Waals surface area contributed by atoms with Crippen molar-refractivity contribution >= 4 is 17.3 Å². The van der Waals surface area contributed by atoms with Gasteiger partial charge in [0.1, 0.15) is 5.02 Å². The maximum Gasteiger partial charge on any atom is 0.288 e. The van der Waals surface area contributed by atoms with Crippen LogP contribution in [-0.4, -0.2) is 22.9 Å². The van der Waals surface area contributed by atoms with E-state index < -0.39 is 4.92 Å². The first-order chi connectivity index (χ1) is 11.9. The van der Waals surface area contributed by atoms with E-state index in [9.17, 15) is 10.1 Å². The van der Waals surface area contributed by atoms with E-state index >= 15 is 0 Å². The van der Waals surface area contributed by atoms with Crippen LogP contribution < -0.4 is 5.32 Å². The molecule has 0 saturated carbocycles. The SMILES string of the molecule is CC(C)N(C)Cc1cccc(CNCc2ccc(Cl)c([N+](=O)[O-])c2)c1. The quantitative estimate of drug-likeness (QED) is 0.560. The van der Waals surface area contributed by atoms with Gasteiger partial charge in [-0.1, -0.05) is 41.9 Å². The fraction of sp³-hybridized carbons (Fsp3) is 0.368. The molecule has 2 aromatic rings. The number of hydrogen-bond acceptors (Lipinski definition) is 4.